The molecule has 0 aliphatic heterocycles. The first-order chi connectivity index (χ1) is 48.7. The Hall–Kier alpha value is -8.21. The third-order valence-electron chi connectivity index (χ3n) is 17.6. The molecule has 2 rings (SSSR count). The largest absolute Gasteiger partial charge is 0.508 e. The summed E-state index contributed by atoms with van der Waals surface area (Å²) in [7, 11) is 0. The highest BCUT2D eigenvalue weighted by molar-refractivity contribution is 5.83. The maximum absolute atomic E-state index is 13.9. The SMILES string of the molecule is C=CC(=O)OCC(COCC(COC(=O)C=C)(COC(=O)C=C)COC(=O)NC1(C)CC(NC(=O)OC(C)CCOC(=O)OC(C)(C)CCOC(=O)OC(C)(C)CC(C)(C)OC(=O)NC2CC(C)(C)CC(C)(NC(=O)C(C)C(C)OCCCCCCC)C2)CC(C)(C)C1)(COC(=O)C=C)COC(=O)C=C. The van der Waals surface area contributed by atoms with Crippen LogP contribution >= 0.6 is 0 Å². The molecule has 0 aromatic carbocycles. The molecule has 4 amide bonds. The highest BCUT2D eigenvalue weighted by Crippen LogP contribution is 2.43. The summed E-state index contributed by atoms with van der Waals surface area (Å²) in [4.78, 5) is 142. The third-order valence-corrected chi connectivity index (χ3v) is 17.6. The molecule has 0 saturated heterocycles. The quantitative estimate of drug-likeness (QED) is 0.0190. The van der Waals surface area contributed by atoms with E-state index in [0.29, 0.717) is 38.7 Å². The van der Waals surface area contributed by atoms with Gasteiger partial charge in [0.1, 0.15) is 62.5 Å². The molecule has 2 fully saturated rings. The van der Waals surface area contributed by atoms with Crippen LogP contribution in [0.15, 0.2) is 63.3 Å². The number of carbonyl (C=O) groups excluding carboxylic acids is 11. The minimum Gasteiger partial charge on any atom is -0.462 e. The predicted octanol–water partition coefficient (Wildman–Crippen LogP) is 11.8. The summed E-state index contributed by atoms with van der Waals surface area (Å²) < 4.78 is 78.1. The van der Waals surface area contributed by atoms with E-state index in [2.05, 4.69) is 74.9 Å². The number of nitrogens with one attached hydrogen (secondary N) is 4. The van der Waals surface area contributed by atoms with Gasteiger partial charge in [0.25, 0.3) is 0 Å². The lowest BCUT2D eigenvalue weighted by molar-refractivity contribution is -0.167. The third kappa shape index (κ3) is 37.6. The number of carbonyl (C=O) groups is 11. The van der Waals surface area contributed by atoms with Gasteiger partial charge in [-0.15, -0.1) is 0 Å². The minimum atomic E-state index is -1.70. The van der Waals surface area contributed by atoms with Crippen molar-refractivity contribution < 1.29 is 119 Å². The maximum Gasteiger partial charge on any atom is 0.508 e. The zero-order valence-electron chi connectivity index (χ0n) is 65.2. The number of ether oxygens (including phenoxy) is 14. The van der Waals surface area contributed by atoms with E-state index >= 15 is 0 Å². The molecule has 7 atom stereocenters. The monoisotopic (exact) mass is 1490 g/mol. The molecule has 7 unspecified atom stereocenters. The lowest BCUT2D eigenvalue weighted by Gasteiger charge is -2.47. The summed E-state index contributed by atoms with van der Waals surface area (Å²) in [5, 5.41) is 12.1. The molecule has 0 aromatic rings. The Kier molecular flexibility index (Phi) is 37.9. The summed E-state index contributed by atoms with van der Waals surface area (Å²) in [6.07, 6.45) is 7.62. The Labute approximate surface area is 620 Å². The number of rotatable bonds is 46. The second-order valence-electron chi connectivity index (χ2n) is 31.8. The fraction of sp³-hybridized carbons (Fsp3) is 0.724. The highest BCUT2D eigenvalue weighted by atomic mass is 16.7. The summed E-state index contributed by atoms with van der Waals surface area (Å²) in [6.45, 7) is 41.9. The van der Waals surface area contributed by atoms with Gasteiger partial charge < -0.3 is 87.6 Å². The maximum atomic E-state index is 13.9. The molecule has 4 N–H and O–H groups in total. The van der Waals surface area contributed by atoms with Gasteiger partial charge in [0.2, 0.25) is 5.91 Å². The van der Waals surface area contributed by atoms with Crippen LogP contribution in [0.2, 0.25) is 0 Å². The van der Waals surface area contributed by atoms with Crippen LogP contribution in [0.3, 0.4) is 0 Å². The second-order valence-corrected chi connectivity index (χ2v) is 31.8. The van der Waals surface area contributed by atoms with E-state index < -0.39 is 170 Å². The molecular formula is C76H122N4O25. The van der Waals surface area contributed by atoms with Crippen molar-refractivity contribution in [3.05, 3.63) is 63.3 Å². The van der Waals surface area contributed by atoms with Crippen molar-refractivity contribution in [3.8, 4) is 0 Å². The first-order valence-corrected chi connectivity index (χ1v) is 35.8. The number of amides is 4. The highest BCUT2D eigenvalue weighted by Gasteiger charge is 2.47. The van der Waals surface area contributed by atoms with Crippen LogP contribution in [0.5, 0.6) is 0 Å². The molecule has 0 spiro atoms. The first-order valence-electron chi connectivity index (χ1n) is 35.8. The summed E-state index contributed by atoms with van der Waals surface area (Å²) in [5.74, 6) is -4.96. The predicted molar refractivity (Wildman–Crippen MR) is 387 cm³/mol. The van der Waals surface area contributed by atoms with Gasteiger partial charge in [-0.3, -0.25) is 4.79 Å². The van der Waals surface area contributed by atoms with E-state index in [1.165, 1.54) is 19.3 Å². The van der Waals surface area contributed by atoms with E-state index in [-0.39, 0.29) is 68.3 Å². The van der Waals surface area contributed by atoms with Gasteiger partial charge in [0.05, 0.1) is 49.3 Å². The standard InChI is InChI=1S/C76H122N4O25/c1-22-28-29-30-31-34-93-54(9)53(8)62(86)79-73(20)39-56(38-68(10,11)41-73)78-64(88)103-71(16,17)43-72(18,19)105-67(91)95-36-33-70(14,15)104-66(90)94-35-32-52(7)102-63(87)77-55-37-69(12,13)42-74(21,40-55)80-65(89)101-51-76(49-99-60(84)26-5,50-100-61(85)27-6)45-92-44-75(46-96-57(81)23-2,47-97-58(82)24-3)48-98-59(83)25-4/h23-27,52-56H,2-6,22,28-51H2,1,7-21H3,(H,77,87)(H,78,88)(H,79,86)(H,80,89). The van der Waals surface area contributed by atoms with E-state index in [1.807, 2.05) is 34.6 Å². The summed E-state index contributed by atoms with van der Waals surface area (Å²) in [6, 6.07) is -0.857. The average molecular weight is 1490 g/mol. The summed E-state index contributed by atoms with van der Waals surface area (Å²) >= 11 is 0. The molecule has 29 heteroatoms. The zero-order valence-corrected chi connectivity index (χ0v) is 65.2. The zero-order chi connectivity index (χ0) is 79.7. The van der Waals surface area contributed by atoms with Gasteiger partial charge in [-0.1, -0.05) is 100 Å². The Morgan fingerprint density at radius 2 is 0.857 bits per heavy atom. The van der Waals surface area contributed by atoms with Crippen molar-refractivity contribution in [1.82, 2.24) is 21.3 Å². The van der Waals surface area contributed by atoms with Crippen molar-refractivity contribution in [2.24, 2.45) is 27.6 Å². The van der Waals surface area contributed by atoms with E-state index in [4.69, 9.17) is 66.3 Å². The lowest BCUT2D eigenvalue weighted by atomic mass is 9.66. The van der Waals surface area contributed by atoms with Gasteiger partial charge in [0.15, 0.2) is 0 Å². The Bertz CT molecular complexity index is 2870. The smallest absolute Gasteiger partial charge is 0.462 e. The van der Waals surface area contributed by atoms with E-state index in [0.717, 1.165) is 43.2 Å². The van der Waals surface area contributed by atoms with Crippen molar-refractivity contribution in [2.45, 2.75) is 253 Å². The van der Waals surface area contributed by atoms with Crippen LogP contribution in [0.1, 0.15) is 201 Å². The van der Waals surface area contributed by atoms with Crippen LogP contribution in [0, 0.1) is 27.6 Å². The van der Waals surface area contributed by atoms with Crippen LogP contribution in [0.4, 0.5) is 24.0 Å². The molecule has 0 radical (unpaired) electrons. The number of esters is 5. The molecule has 105 heavy (non-hydrogen) atoms. The van der Waals surface area contributed by atoms with Crippen LogP contribution in [-0.2, 0) is 95.1 Å². The number of hydrogen-bond donors (Lipinski definition) is 4. The molecule has 0 bridgehead atoms. The fourth-order valence-electron chi connectivity index (χ4n) is 13.2. The van der Waals surface area contributed by atoms with E-state index in [1.54, 1.807) is 55.4 Å². The van der Waals surface area contributed by atoms with Crippen molar-refractivity contribution in [2.75, 3.05) is 72.7 Å². The number of unbranched alkanes of at least 4 members (excludes halogenated alkanes) is 4. The topological polar surface area (TPSA) is 365 Å². The Morgan fingerprint density at radius 1 is 0.457 bits per heavy atom. The fourth-order valence-corrected chi connectivity index (χ4v) is 13.2. The molecule has 2 saturated carbocycles. The van der Waals surface area contributed by atoms with Gasteiger partial charge in [-0.2, -0.15) is 0 Å². The molecule has 2 aliphatic rings. The van der Waals surface area contributed by atoms with Crippen molar-refractivity contribution in [1.29, 1.82) is 0 Å². The van der Waals surface area contributed by atoms with Crippen molar-refractivity contribution in [3.63, 3.8) is 0 Å². The molecule has 0 heterocycles. The van der Waals surface area contributed by atoms with Crippen LogP contribution < -0.4 is 21.3 Å². The summed E-state index contributed by atoms with van der Waals surface area (Å²) in [5.41, 5.74) is -9.11. The molecule has 29 nitrogen and oxygen atoms in total. The van der Waals surface area contributed by atoms with Gasteiger partial charge in [-0.25, -0.2) is 47.9 Å². The van der Waals surface area contributed by atoms with E-state index in [9.17, 15) is 52.7 Å². The van der Waals surface area contributed by atoms with Gasteiger partial charge in [-0.05, 0) is 125 Å². The van der Waals surface area contributed by atoms with Gasteiger partial charge >= 0.3 is 60.4 Å². The second kappa shape index (κ2) is 42.8. The average Bonchev–Trinajstić information content (AvgIpc) is 0.797. The van der Waals surface area contributed by atoms with Crippen LogP contribution in [0.25, 0.3) is 0 Å². The van der Waals surface area contributed by atoms with Crippen molar-refractivity contribution >= 4 is 66.3 Å². The molecule has 2 aliphatic carbocycles. The number of hydrogen-bond acceptors (Lipinski definition) is 25. The molecule has 0 aromatic heterocycles. The number of alkyl carbamates (subject to hydrolysis) is 3. The van der Waals surface area contributed by atoms with Crippen LogP contribution in [-0.4, -0.2) is 191 Å². The normalized spacial score (nSPS) is 19.4. The lowest BCUT2D eigenvalue weighted by Crippen LogP contribution is -2.59. The Balaban J connectivity index is 1.99. The molecule has 596 valence electrons. The first kappa shape index (κ1) is 92.9. The Morgan fingerprint density at radius 3 is 1.30 bits per heavy atom. The van der Waals surface area contributed by atoms with Gasteiger partial charge in [0, 0.05) is 79.4 Å². The minimum absolute atomic E-state index is 0.0495. The molecular weight excluding hydrogens is 1370 g/mol.